The Morgan fingerprint density at radius 2 is 1.86 bits per heavy atom. The third-order valence-corrected chi connectivity index (χ3v) is 2.89. The van der Waals surface area contributed by atoms with Crippen LogP contribution in [0.4, 0.5) is 8.78 Å². The van der Waals surface area contributed by atoms with Gasteiger partial charge in [0, 0.05) is 17.3 Å². The van der Waals surface area contributed by atoms with Crippen molar-refractivity contribution in [2.45, 2.75) is 6.29 Å². The summed E-state index contributed by atoms with van der Waals surface area (Å²) in [5.41, 5.74) is 6.90. The minimum absolute atomic E-state index is 0.0886. The van der Waals surface area contributed by atoms with E-state index in [9.17, 15) is 8.78 Å². The average Bonchev–Trinajstić information content (AvgIpc) is 2.66. The number of halogens is 3. The summed E-state index contributed by atoms with van der Waals surface area (Å²) in [5.74, 6) is -0.201. The molecule has 0 aliphatic carbocycles. The highest BCUT2D eigenvalue weighted by Crippen LogP contribution is 2.45. The normalized spacial score (nSPS) is 16.2. The average molecular weight is 312 g/mol. The van der Waals surface area contributed by atoms with Gasteiger partial charge in [-0.3, -0.25) is 0 Å². The van der Waals surface area contributed by atoms with Crippen molar-refractivity contribution in [3.05, 3.63) is 65.9 Å². The van der Waals surface area contributed by atoms with Gasteiger partial charge < -0.3 is 15.2 Å². The van der Waals surface area contributed by atoms with Crippen molar-refractivity contribution in [3.63, 3.8) is 0 Å². The molecule has 0 atom stereocenters. The lowest BCUT2D eigenvalue weighted by atomic mass is 10.0. The standard InChI is InChI=1S/C15H12ClF2NO2/c1-3-4-10(6-5-9(2)19)11-7-13-14(8-12(11)16)21-15(17,18)20-13/h3-8H,1-2,19H2/b6-5-,10-4+. The summed E-state index contributed by atoms with van der Waals surface area (Å²) in [5, 5.41) is 0.232. The van der Waals surface area contributed by atoms with Crippen LogP contribution in [-0.2, 0) is 0 Å². The second-order valence-electron chi connectivity index (χ2n) is 4.21. The second-order valence-corrected chi connectivity index (χ2v) is 4.62. The number of nitrogens with two attached hydrogens (primary N) is 1. The molecule has 0 spiro atoms. The Bertz CT molecular complexity index is 666. The molecule has 0 amide bonds. The maximum absolute atomic E-state index is 13.0. The topological polar surface area (TPSA) is 44.5 Å². The number of allylic oxidation sites excluding steroid dienone is 5. The molecule has 0 saturated carbocycles. The number of hydrogen-bond donors (Lipinski definition) is 1. The lowest BCUT2D eigenvalue weighted by molar-refractivity contribution is -0.286. The Morgan fingerprint density at radius 1 is 1.24 bits per heavy atom. The first-order valence-corrected chi connectivity index (χ1v) is 6.25. The molecule has 0 aromatic heterocycles. The first-order chi connectivity index (χ1) is 9.82. The number of alkyl halides is 2. The number of ether oxygens (including phenoxy) is 2. The zero-order valence-electron chi connectivity index (χ0n) is 10.9. The van der Waals surface area contributed by atoms with Gasteiger partial charge in [0.05, 0.1) is 5.02 Å². The van der Waals surface area contributed by atoms with E-state index >= 15 is 0 Å². The SMILES string of the molecule is C=C/C=C(\C=C/C(=C)N)c1cc2c(cc1Cl)OC(F)(F)O2. The zero-order valence-corrected chi connectivity index (χ0v) is 11.7. The van der Waals surface area contributed by atoms with Gasteiger partial charge in [0.25, 0.3) is 0 Å². The molecule has 1 aliphatic rings. The van der Waals surface area contributed by atoms with Crippen molar-refractivity contribution in [3.8, 4) is 11.5 Å². The molecule has 0 fully saturated rings. The highest BCUT2D eigenvalue weighted by Gasteiger charge is 2.43. The summed E-state index contributed by atoms with van der Waals surface area (Å²) in [6.45, 7) is 7.14. The van der Waals surface area contributed by atoms with E-state index in [4.69, 9.17) is 17.3 Å². The van der Waals surface area contributed by atoms with Crippen LogP contribution in [0.5, 0.6) is 11.5 Å². The Hall–Kier alpha value is -2.27. The lowest BCUT2D eigenvalue weighted by Gasteiger charge is -2.07. The van der Waals surface area contributed by atoms with E-state index in [0.717, 1.165) is 0 Å². The molecule has 21 heavy (non-hydrogen) atoms. The molecule has 1 aliphatic heterocycles. The Labute approximate surface area is 125 Å². The molecule has 0 radical (unpaired) electrons. The van der Waals surface area contributed by atoms with E-state index in [1.54, 1.807) is 18.2 Å². The van der Waals surface area contributed by atoms with E-state index in [1.165, 1.54) is 18.2 Å². The lowest BCUT2D eigenvalue weighted by Crippen LogP contribution is -2.25. The molecule has 0 bridgehead atoms. The third kappa shape index (κ3) is 3.44. The molecule has 1 heterocycles. The van der Waals surface area contributed by atoms with Gasteiger partial charge >= 0.3 is 6.29 Å². The molecule has 110 valence electrons. The predicted molar refractivity (Wildman–Crippen MR) is 78.3 cm³/mol. The van der Waals surface area contributed by atoms with Gasteiger partial charge in [-0.25, -0.2) is 0 Å². The summed E-state index contributed by atoms with van der Waals surface area (Å²) in [6.07, 6.45) is 2.71. The first kappa shape index (κ1) is 15.1. The Kier molecular flexibility index (Phi) is 4.04. The van der Waals surface area contributed by atoms with Gasteiger partial charge in [-0.2, -0.15) is 0 Å². The van der Waals surface area contributed by atoms with E-state index in [0.29, 0.717) is 16.8 Å². The van der Waals surface area contributed by atoms with Crippen molar-refractivity contribution < 1.29 is 18.3 Å². The molecular weight excluding hydrogens is 300 g/mol. The number of fused-ring (bicyclic) bond motifs is 1. The van der Waals surface area contributed by atoms with Gasteiger partial charge in [-0.15, -0.1) is 8.78 Å². The van der Waals surface area contributed by atoms with Crippen LogP contribution < -0.4 is 15.2 Å². The fourth-order valence-corrected chi connectivity index (χ4v) is 2.01. The maximum atomic E-state index is 13.0. The van der Waals surface area contributed by atoms with Crippen molar-refractivity contribution in [1.82, 2.24) is 0 Å². The van der Waals surface area contributed by atoms with Crippen LogP contribution in [0.15, 0.2) is 55.3 Å². The molecule has 2 N–H and O–H groups in total. The number of rotatable bonds is 4. The molecule has 1 aromatic rings. The zero-order chi connectivity index (χ0) is 15.6. The molecule has 0 saturated heterocycles. The minimum atomic E-state index is -3.69. The smallest absolute Gasteiger partial charge is 0.399 e. The van der Waals surface area contributed by atoms with Crippen molar-refractivity contribution in [2.24, 2.45) is 5.73 Å². The summed E-state index contributed by atoms with van der Waals surface area (Å²) >= 11 is 6.10. The van der Waals surface area contributed by atoms with Gasteiger partial charge in [-0.1, -0.05) is 43.0 Å². The third-order valence-electron chi connectivity index (χ3n) is 2.58. The van der Waals surface area contributed by atoms with Gasteiger partial charge in [0.15, 0.2) is 11.5 Å². The first-order valence-electron chi connectivity index (χ1n) is 5.87. The number of hydrogen-bond acceptors (Lipinski definition) is 3. The fraction of sp³-hybridized carbons (Fsp3) is 0.0667. The largest absolute Gasteiger partial charge is 0.586 e. The second kappa shape index (κ2) is 5.61. The summed E-state index contributed by atoms with van der Waals surface area (Å²) in [4.78, 5) is 0. The molecular formula is C15H12ClF2NO2. The van der Waals surface area contributed by atoms with Crippen LogP contribution in [0.25, 0.3) is 5.57 Å². The highest BCUT2D eigenvalue weighted by molar-refractivity contribution is 6.32. The molecule has 3 nitrogen and oxygen atoms in total. The van der Waals surface area contributed by atoms with Crippen LogP contribution in [0, 0.1) is 0 Å². The quantitative estimate of drug-likeness (QED) is 0.845. The van der Waals surface area contributed by atoms with Crippen molar-refractivity contribution in [1.29, 1.82) is 0 Å². The molecule has 6 heteroatoms. The van der Waals surface area contributed by atoms with Crippen LogP contribution in [0.3, 0.4) is 0 Å². The minimum Gasteiger partial charge on any atom is -0.399 e. The highest BCUT2D eigenvalue weighted by atomic mass is 35.5. The summed E-state index contributed by atoms with van der Waals surface area (Å²) in [6, 6.07) is 2.65. The van der Waals surface area contributed by atoms with Gasteiger partial charge in [0.2, 0.25) is 0 Å². The molecule has 2 rings (SSSR count). The fourth-order valence-electron chi connectivity index (χ4n) is 1.75. The maximum Gasteiger partial charge on any atom is 0.586 e. The molecule has 0 unspecified atom stereocenters. The van der Waals surface area contributed by atoms with Crippen LogP contribution in [-0.4, -0.2) is 6.29 Å². The molecule has 1 aromatic carbocycles. The van der Waals surface area contributed by atoms with E-state index < -0.39 is 6.29 Å². The van der Waals surface area contributed by atoms with E-state index in [1.807, 2.05) is 0 Å². The van der Waals surface area contributed by atoms with Crippen molar-refractivity contribution in [2.75, 3.05) is 0 Å². The van der Waals surface area contributed by atoms with Crippen LogP contribution in [0.1, 0.15) is 5.56 Å². The van der Waals surface area contributed by atoms with E-state index in [-0.39, 0.29) is 16.5 Å². The Morgan fingerprint density at radius 3 is 2.43 bits per heavy atom. The van der Waals surface area contributed by atoms with Gasteiger partial charge in [-0.05, 0) is 17.7 Å². The monoisotopic (exact) mass is 311 g/mol. The van der Waals surface area contributed by atoms with Crippen LogP contribution in [0.2, 0.25) is 5.02 Å². The summed E-state index contributed by atoms with van der Waals surface area (Å²) < 4.78 is 34.8. The predicted octanol–water partition coefficient (Wildman–Crippen LogP) is 4.26. The van der Waals surface area contributed by atoms with E-state index in [2.05, 4.69) is 22.6 Å². The van der Waals surface area contributed by atoms with Gasteiger partial charge in [0.1, 0.15) is 0 Å². The van der Waals surface area contributed by atoms with Crippen molar-refractivity contribution >= 4 is 17.2 Å². The Balaban J connectivity index is 2.47. The summed E-state index contributed by atoms with van der Waals surface area (Å²) in [7, 11) is 0. The van der Waals surface area contributed by atoms with Crippen LogP contribution >= 0.6 is 11.6 Å². The number of benzene rings is 1.